The summed E-state index contributed by atoms with van der Waals surface area (Å²) in [6, 6.07) is 20.9. The fourth-order valence-corrected chi connectivity index (χ4v) is 2.82. The van der Waals surface area contributed by atoms with Gasteiger partial charge in [-0.25, -0.2) is 4.98 Å². The van der Waals surface area contributed by atoms with Gasteiger partial charge in [0.1, 0.15) is 11.3 Å². The molecule has 6 nitrogen and oxygen atoms in total. The lowest BCUT2D eigenvalue weighted by Crippen LogP contribution is -2.24. The number of carbonyl (C=O) groups is 1. The topological polar surface area (TPSA) is 77.0 Å². The average molecular weight is 396 g/mol. The number of nitrogens with one attached hydrogen (secondary N) is 1. The molecule has 0 spiro atoms. The molecule has 0 fully saturated rings. The number of ether oxygens (including phenoxy) is 1. The van der Waals surface area contributed by atoms with E-state index < -0.39 is 0 Å². The van der Waals surface area contributed by atoms with Crippen LogP contribution in [0, 0.1) is 6.92 Å². The number of nitrogens with zero attached hydrogens (tertiary/aromatic N) is 3. The van der Waals surface area contributed by atoms with Crippen LogP contribution in [0.1, 0.15) is 21.5 Å². The van der Waals surface area contributed by atoms with Gasteiger partial charge in [-0.3, -0.25) is 9.78 Å². The van der Waals surface area contributed by atoms with Crippen LogP contribution < -0.4 is 10.1 Å². The van der Waals surface area contributed by atoms with Crippen molar-refractivity contribution in [2.45, 2.75) is 13.5 Å². The lowest BCUT2D eigenvalue weighted by molar-refractivity contribution is 0.0947. The van der Waals surface area contributed by atoms with Gasteiger partial charge in [-0.1, -0.05) is 54.1 Å². The second-order valence-electron chi connectivity index (χ2n) is 6.74. The van der Waals surface area contributed by atoms with Gasteiger partial charge >= 0.3 is 0 Å². The average Bonchev–Trinajstić information content (AvgIpc) is 2.80. The molecule has 4 rings (SSSR count). The number of amides is 1. The van der Waals surface area contributed by atoms with E-state index in [-0.39, 0.29) is 17.4 Å². The van der Waals surface area contributed by atoms with Gasteiger partial charge in [-0.2, -0.15) is 4.98 Å². The van der Waals surface area contributed by atoms with Crippen LogP contribution in [0.3, 0.4) is 0 Å². The van der Waals surface area contributed by atoms with Crippen molar-refractivity contribution in [1.29, 1.82) is 0 Å². The summed E-state index contributed by atoms with van der Waals surface area (Å²) < 4.78 is 5.98. The highest BCUT2D eigenvalue weighted by atomic mass is 16.5. The fraction of sp³-hybridized carbons (Fsp3) is 0.0833. The van der Waals surface area contributed by atoms with Crippen molar-refractivity contribution < 1.29 is 9.53 Å². The Morgan fingerprint density at radius 3 is 2.50 bits per heavy atom. The third-order valence-electron chi connectivity index (χ3n) is 4.44. The second-order valence-corrected chi connectivity index (χ2v) is 6.74. The minimum atomic E-state index is -0.319. The fourth-order valence-electron chi connectivity index (χ4n) is 2.82. The van der Waals surface area contributed by atoms with E-state index in [1.165, 1.54) is 6.20 Å². The maximum Gasteiger partial charge on any atom is 0.258 e. The Hall–Kier alpha value is -4.06. The van der Waals surface area contributed by atoms with Crippen molar-refractivity contribution in [3.05, 3.63) is 102 Å². The minimum Gasteiger partial charge on any atom is -0.438 e. The van der Waals surface area contributed by atoms with E-state index in [1.54, 1.807) is 12.4 Å². The normalized spacial score (nSPS) is 10.4. The van der Waals surface area contributed by atoms with Crippen LogP contribution in [0.25, 0.3) is 11.4 Å². The number of benzene rings is 2. The van der Waals surface area contributed by atoms with Gasteiger partial charge in [0.05, 0.1) is 0 Å². The summed E-state index contributed by atoms with van der Waals surface area (Å²) in [5.41, 5.74) is 3.12. The Bertz CT molecular complexity index is 1130. The number of pyridine rings is 1. The second kappa shape index (κ2) is 8.96. The molecule has 4 aromatic rings. The lowest BCUT2D eigenvalue weighted by atomic mass is 10.2. The zero-order chi connectivity index (χ0) is 20.8. The van der Waals surface area contributed by atoms with Gasteiger partial charge in [-0.05, 0) is 30.7 Å². The van der Waals surface area contributed by atoms with Crippen LogP contribution in [0.4, 0.5) is 0 Å². The molecule has 0 unspecified atom stereocenters. The lowest BCUT2D eigenvalue weighted by Gasteiger charge is -2.12. The van der Waals surface area contributed by atoms with Gasteiger partial charge in [0.25, 0.3) is 5.91 Å². The van der Waals surface area contributed by atoms with E-state index in [4.69, 9.17) is 4.74 Å². The first-order valence-electron chi connectivity index (χ1n) is 9.53. The zero-order valence-corrected chi connectivity index (χ0v) is 16.4. The summed E-state index contributed by atoms with van der Waals surface area (Å²) in [5, 5.41) is 2.87. The minimum absolute atomic E-state index is 0.205. The highest BCUT2D eigenvalue weighted by Crippen LogP contribution is 2.26. The SMILES string of the molecule is Cc1ccc(Oc2nc(-c3ccccc3)ncc2C(=O)NCc2cccnc2)cc1. The molecule has 0 saturated carbocycles. The predicted molar refractivity (Wildman–Crippen MR) is 114 cm³/mol. The van der Waals surface area contributed by atoms with Gasteiger partial charge in [0.15, 0.2) is 5.82 Å². The first-order chi connectivity index (χ1) is 14.7. The first-order valence-corrected chi connectivity index (χ1v) is 9.53. The summed E-state index contributed by atoms with van der Waals surface area (Å²) in [5.74, 6) is 0.970. The number of carbonyl (C=O) groups excluding carboxylic acids is 1. The number of aromatic nitrogens is 3. The highest BCUT2D eigenvalue weighted by Gasteiger charge is 2.17. The number of aryl methyl sites for hydroxylation is 1. The van der Waals surface area contributed by atoms with Crippen molar-refractivity contribution in [3.8, 4) is 23.0 Å². The molecule has 6 heteroatoms. The summed E-state index contributed by atoms with van der Waals surface area (Å²) >= 11 is 0. The molecule has 1 amide bonds. The maximum absolute atomic E-state index is 12.8. The zero-order valence-electron chi connectivity index (χ0n) is 16.4. The molecule has 2 aromatic heterocycles. The molecule has 0 atom stereocenters. The molecule has 148 valence electrons. The van der Waals surface area contributed by atoms with Gasteiger partial charge in [0.2, 0.25) is 5.88 Å². The molecule has 0 bridgehead atoms. The van der Waals surface area contributed by atoms with Crippen molar-refractivity contribution in [1.82, 2.24) is 20.3 Å². The Labute approximate surface area is 174 Å². The molecule has 1 N–H and O–H groups in total. The Morgan fingerprint density at radius 2 is 1.77 bits per heavy atom. The molecule has 2 aromatic carbocycles. The number of hydrogen-bond acceptors (Lipinski definition) is 5. The monoisotopic (exact) mass is 396 g/mol. The van der Waals surface area contributed by atoms with Crippen LogP contribution in [0.15, 0.2) is 85.3 Å². The predicted octanol–water partition coefficient (Wildman–Crippen LogP) is 4.57. The largest absolute Gasteiger partial charge is 0.438 e. The van der Waals surface area contributed by atoms with E-state index in [0.29, 0.717) is 18.1 Å². The smallest absolute Gasteiger partial charge is 0.258 e. The molecule has 0 aliphatic heterocycles. The van der Waals surface area contributed by atoms with Crippen molar-refractivity contribution >= 4 is 5.91 Å². The Morgan fingerprint density at radius 1 is 0.967 bits per heavy atom. The quantitative estimate of drug-likeness (QED) is 0.517. The highest BCUT2D eigenvalue weighted by molar-refractivity contribution is 5.96. The van der Waals surface area contributed by atoms with Gasteiger partial charge in [-0.15, -0.1) is 0 Å². The van der Waals surface area contributed by atoms with Crippen LogP contribution in [-0.4, -0.2) is 20.9 Å². The van der Waals surface area contributed by atoms with Crippen molar-refractivity contribution in [3.63, 3.8) is 0 Å². The van der Waals surface area contributed by atoms with E-state index in [9.17, 15) is 4.79 Å². The third-order valence-corrected chi connectivity index (χ3v) is 4.44. The van der Waals surface area contributed by atoms with Crippen LogP contribution >= 0.6 is 0 Å². The first kappa shape index (κ1) is 19.3. The summed E-state index contributed by atoms with van der Waals surface area (Å²) in [7, 11) is 0. The summed E-state index contributed by atoms with van der Waals surface area (Å²) in [6.45, 7) is 2.34. The van der Waals surface area contributed by atoms with E-state index >= 15 is 0 Å². The molecular weight excluding hydrogens is 376 g/mol. The molecule has 30 heavy (non-hydrogen) atoms. The molecule has 0 aliphatic carbocycles. The number of hydrogen-bond donors (Lipinski definition) is 1. The molecular formula is C24H20N4O2. The summed E-state index contributed by atoms with van der Waals surface area (Å²) in [4.78, 5) is 25.8. The van der Waals surface area contributed by atoms with Gasteiger partial charge < -0.3 is 10.1 Å². The molecule has 0 aliphatic rings. The molecule has 0 saturated heterocycles. The number of rotatable bonds is 6. The van der Waals surface area contributed by atoms with E-state index in [2.05, 4.69) is 20.3 Å². The standard InChI is InChI=1S/C24H20N4O2/c1-17-9-11-20(12-10-17)30-24-21(23(29)27-15-18-6-5-13-25-14-18)16-26-22(28-24)19-7-3-2-4-8-19/h2-14,16H,15H2,1H3,(H,27,29). The van der Waals surface area contributed by atoms with Crippen LogP contribution in [0.5, 0.6) is 11.6 Å². The Balaban J connectivity index is 1.63. The Kier molecular flexibility index (Phi) is 5.75. The summed E-state index contributed by atoms with van der Waals surface area (Å²) in [6.07, 6.45) is 4.89. The van der Waals surface area contributed by atoms with E-state index in [1.807, 2.05) is 73.7 Å². The van der Waals surface area contributed by atoms with Gasteiger partial charge in [0, 0.05) is 30.7 Å². The molecule has 0 radical (unpaired) electrons. The van der Waals surface area contributed by atoms with Crippen LogP contribution in [0.2, 0.25) is 0 Å². The van der Waals surface area contributed by atoms with Crippen LogP contribution in [-0.2, 0) is 6.54 Å². The third kappa shape index (κ3) is 4.67. The van der Waals surface area contributed by atoms with Crippen molar-refractivity contribution in [2.24, 2.45) is 0 Å². The van der Waals surface area contributed by atoms with Crippen molar-refractivity contribution in [2.75, 3.05) is 0 Å². The van der Waals surface area contributed by atoms with E-state index in [0.717, 1.165) is 16.7 Å². The molecule has 2 heterocycles. The maximum atomic E-state index is 12.8.